The van der Waals surface area contributed by atoms with Gasteiger partial charge in [0.25, 0.3) is 0 Å². The van der Waals surface area contributed by atoms with Crippen LogP contribution in [-0.4, -0.2) is 43.8 Å². The Bertz CT molecular complexity index is 479. The summed E-state index contributed by atoms with van der Waals surface area (Å²) in [6.45, 7) is 7.63. The summed E-state index contributed by atoms with van der Waals surface area (Å²) in [5.41, 5.74) is 0.558. The first kappa shape index (κ1) is 16.9. The standard InChI is InChI=1S/C16H24BrFN2O/c1-4-16(2,20-7-9-21-10-8-20)15(19-3)13-11-12(17)5-6-14(13)18/h5-6,11,15,19H,4,7-10H2,1-3H3. The topological polar surface area (TPSA) is 24.5 Å². The molecule has 1 N–H and O–H groups in total. The molecule has 1 saturated heterocycles. The summed E-state index contributed by atoms with van der Waals surface area (Å²) in [4.78, 5) is 2.41. The minimum atomic E-state index is -0.162. The van der Waals surface area contributed by atoms with Gasteiger partial charge in [-0.3, -0.25) is 4.90 Å². The highest BCUT2D eigenvalue weighted by Gasteiger charge is 2.40. The molecule has 118 valence electrons. The van der Waals surface area contributed by atoms with Gasteiger partial charge in [0.2, 0.25) is 0 Å². The minimum absolute atomic E-state index is 0.0712. The van der Waals surface area contributed by atoms with E-state index in [4.69, 9.17) is 4.74 Å². The summed E-state index contributed by atoms with van der Waals surface area (Å²) in [6.07, 6.45) is 0.935. The molecule has 1 fully saturated rings. The first-order chi connectivity index (χ1) is 10.0. The van der Waals surface area contributed by atoms with Crippen LogP contribution in [0.4, 0.5) is 4.39 Å². The van der Waals surface area contributed by atoms with Gasteiger partial charge in [-0.15, -0.1) is 0 Å². The van der Waals surface area contributed by atoms with E-state index in [9.17, 15) is 4.39 Å². The number of nitrogens with zero attached hydrogens (tertiary/aromatic N) is 1. The molecule has 0 spiro atoms. The first-order valence-electron chi connectivity index (χ1n) is 7.48. The van der Waals surface area contributed by atoms with Crippen molar-refractivity contribution in [1.82, 2.24) is 10.2 Å². The third-order valence-electron chi connectivity index (χ3n) is 4.63. The minimum Gasteiger partial charge on any atom is -0.379 e. The summed E-state index contributed by atoms with van der Waals surface area (Å²) < 4.78 is 20.7. The van der Waals surface area contributed by atoms with Crippen LogP contribution in [0.2, 0.25) is 0 Å². The Morgan fingerprint density at radius 2 is 2.10 bits per heavy atom. The fourth-order valence-electron chi connectivity index (χ4n) is 3.22. The van der Waals surface area contributed by atoms with Crippen molar-refractivity contribution < 1.29 is 9.13 Å². The first-order valence-corrected chi connectivity index (χ1v) is 8.27. The predicted molar refractivity (Wildman–Crippen MR) is 87.0 cm³/mol. The monoisotopic (exact) mass is 358 g/mol. The maximum atomic E-state index is 14.3. The Kier molecular flexibility index (Phi) is 5.77. The Hall–Kier alpha value is -0.490. The second kappa shape index (κ2) is 7.18. The second-order valence-electron chi connectivity index (χ2n) is 5.70. The van der Waals surface area contributed by atoms with Crippen molar-refractivity contribution >= 4 is 15.9 Å². The molecular weight excluding hydrogens is 335 g/mol. The van der Waals surface area contributed by atoms with Crippen LogP contribution in [0.5, 0.6) is 0 Å². The van der Waals surface area contributed by atoms with Gasteiger partial charge in [0, 0.05) is 28.7 Å². The molecule has 0 saturated carbocycles. The number of hydrogen-bond acceptors (Lipinski definition) is 3. The molecule has 1 heterocycles. The van der Waals surface area contributed by atoms with Gasteiger partial charge in [0.15, 0.2) is 0 Å². The number of ether oxygens (including phenoxy) is 1. The molecule has 0 bridgehead atoms. The highest BCUT2D eigenvalue weighted by molar-refractivity contribution is 9.10. The van der Waals surface area contributed by atoms with Gasteiger partial charge >= 0.3 is 0 Å². The maximum Gasteiger partial charge on any atom is 0.128 e. The van der Waals surface area contributed by atoms with E-state index in [1.165, 1.54) is 6.07 Å². The van der Waals surface area contributed by atoms with Crippen LogP contribution in [-0.2, 0) is 4.74 Å². The number of likely N-dealkylation sites (N-methyl/N-ethyl adjacent to an activating group) is 1. The molecule has 1 aliphatic heterocycles. The fourth-order valence-corrected chi connectivity index (χ4v) is 3.60. The molecule has 21 heavy (non-hydrogen) atoms. The van der Waals surface area contributed by atoms with Gasteiger partial charge in [-0.2, -0.15) is 0 Å². The van der Waals surface area contributed by atoms with Crippen LogP contribution in [0.25, 0.3) is 0 Å². The smallest absolute Gasteiger partial charge is 0.128 e. The quantitative estimate of drug-likeness (QED) is 0.873. The number of halogens is 2. The molecule has 1 aromatic carbocycles. The molecule has 5 heteroatoms. The summed E-state index contributed by atoms with van der Waals surface area (Å²) in [7, 11) is 1.90. The van der Waals surface area contributed by atoms with Gasteiger partial charge in [-0.1, -0.05) is 22.9 Å². The molecule has 1 aromatic rings. The van der Waals surface area contributed by atoms with Crippen molar-refractivity contribution in [2.45, 2.75) is 31.8 Å². The Morgan fingerprint density at radius 1 is 1.43 bits per heavy atom. The molecule has 2 atom stereocenters. The maximum absolute atomic E-state index is 14.3. The summed E-state index contributed by atoms with van der Waals surface area (Å²) in [5, 5.41) is 3.33. The third kappa shape index (κ3) is 3.47. The van der Waals surface area contributed by atoms with Gasteiger partial charge in [0.1, 0.15) is 5.82 Å². The Labute approximate surface area is 135 Å². The van der Waals surface area contributed by atoms with Crippen molar-refractivity contribution in [3.8, 4) is 0 Å². The van der Waals surface area contributed by atoms with E-state index in [1.807, 2.05) is 13.1 Å². The zero-order chi connectivity index (χ0) is 15.5. The molecule has 0 aliphatic carbocycles. The zero-order valence-electron chi connectivity index (χ0n) is 13.0. The van der Waals surface area contributed by atoms with Crippen molar-refractivity contribution in [3.05, 3.63) is 34.1 Å². The lowest BCUT2D eigenvalue weighted by Gasteiger charge is -2.48. The molecule has 0 aromatic heterocycles. The lowest BCUT2D eigenvalue weighted by atomic mass is 9.82. The highest BCUT2D eigenvalue weighted by atomic mass is 79.9. The summed E-state index contributed by atoms with van der Waals surface area (Å²) in [6, 6.07) is 5.08. The second-order valence-corrected chi connectivity index (χ2v) is 6.61. The molecule has 3 nitrogen and oxygen atoms in total. The van der Waals surface area contributed by atoms with Crippen LogP contribution in [0.3, 0.4) is 0 Å². The van der Waals surface area contributed by atoms with Crippen molar-refractivity contribution in [2.24, 2.45) is 0 Å². The van der Waals surface area contributed by atoms with E-state index in [0.717, 1.165) is 37.2 Å². The van der Waals surface area contributed by atoms with Crippen molar-refractivity contribution in [3.63, 3.8) is 0 Å². The van der Waals surface area contributed by atoms with Crippen LogP contribution in [0, 0.1) is 5.82 Å². The third-order valence-corrected chi connectivity index (χ3v) is 5.12. The number of hydrogen-bond donors (Lipinski definition) is 1. The Balaban J connectivity index is 2.38. The predicted octanol–water partition coefficient (Wildman–Crippen LogP) is 3.35. The van der Waals surface area contributed by atoms with E-state index < -0.39 is 0 Å². The van der Waals surface area contributed by atoms with E-state index >= 15 is 0 Å². The normalized spacial score (nSPS) is 21.0. The van der Waals surface area contributed by atoms with Crippen LogP contribution >= 0.6 is 15.9 Å². The number of nitrogens with one attached hydrogen (secondary N) is 1. The Morgan fingerprint density at radius 3 is 2.67 bits per heavy atom. The molecule has 0 amide bonds. The zero-order valence-corrected chi connectivity index (χ0v) is 14.5. The van der Waals surface area contributed by atoms with E-state index in [2.05, 4.69) is 40.0 Å². The van der Waals surface area contributed by atoms with Gasteiger partial charge in [-0.05, 0) is 38.6 Å². The SMILES string of the molecule is CCC(C)(C(NC)c1cc(Br)ccc1F)N1CCOCC1. The van der Waals surface area contributed by atoms with Crippen LogP contribution in [0.1, 0.15) is 31.9 Å². The van der Waals surface area contributed by atoms with E-state index in [-0.39, 0.29) is 17.4 Å². The van der Waals surface area contributed by atoms with E-state index in [0.29, 0.717) is 5.56 Å². The number of rotatable bonds is 5. The van der Waals surface area contributed by atoms with Crippen LogP contribution in [0.15, 0.2) is 22.7 Å². The molecule has 1 aliphatic rings. The van der Waals surface area contributed by atoms with Gasteiger partial charge in [-0.25, -0.2) is 4.39 Å². The summed E-state index contributed by atoms with van der Waals surface area (Å²) in [5.74, 6) is -0.162. The number of morpholine rings is 1. The van der Waals surface area contributed by atoms with Crippen LogP contribution < -0.4 is 5.32 Å². The van der Waals surface area contributed by atoms with E-state index in [1.54, 1.807) is 6.07 Å². The fraction of sp³-hybridized carbons (Fsp3) is 0.625. The van der Waals surface area contributed by atoms with Gasteiger partial charge in [0.05, 0.1) is 19.3 Å². The molecule has 2 rings (SSSR count). The molecular formula is C16H24BrFN2O. The average molecular weight is 359 g/mol. The average Bonchev–Trinajstić information content (AvgIpc) is 2.52. The molecule has 2 unspecified atom stereocenters. The summed E-state index contributed by atoms with van der Waals surface area (Å²) >= 11 is 3.45. The molecule has 0 radical (unpaired) electrons. The van der Waals surface area contributed by atoms with Crippen molar-refractivity contribution in [1.29, 1.82) is 0 Å². The number of benzene rings is 1. The lowest BCUT2D eigenvalue weighted by Crippen LogP contribution is -2.57. The lowest BCUT2D eigenvalue weighted by molar-refractivity contribution is -0.0323. The van der Waals surface area contributed by atoms with Gasteiger partial charge < -0.3 is 10.1 Å². The van der Waals surface area contributed by atoms with Crippen molar-refractivity contribution in [2.75, 3.05) is 33.4 Å². The highest BCUT2D eigenvalue weighted by Crippen LogP contribution is 2.36. The largest absolute Gasteiger partial charge is 0.379 e.